The summed E-state index contributed by atoms with van der Waals surface area (Å²) in [5, 5.41) is 2.91. The Hall–Kier alpha value is -3.06. The van der Waals surface area contributed by atoms with Crippen LogP contribution in [0.5, 0.6) is 0 Å². The van der Waals surface area contributed by atoms with Gasteiger partial charge in [-0.2, -0.15) is 0 Å². The Morgan fingerprint density at radius 2 is 1.76 bits per heavy atom. The van der Waals surface area contributed by atoms with Crippen LogP contribution in [-0.4, -0.2) is 55.5 Å². The molecule has 2 unspecified atom stereocenters. The highest BCUT2D eigenvalue weighted by Crippen LogP contribution is 2.26. The molecule has 1 N–H and O–H groups in total. The standard InChI is InChI=1S/C27H35N3O4/c1-3-29(4-2)23-15-12-22(13-16-23)28-26(31)30(27(32)34-19-25-10-7-17-33-25)24-14-11-20-8-5-6-9-21(20)18-24/h5-6,8-9,12-13,15-16,24-25H,3-4,7,10-11,14,17-19H2,1-2H3,(H,28,31). The number of nitrogens with one attached hydrogen (secondary N) is 1. The van der Waals surface area contributed by atoms with E-state index >= 15 is 0 Å². The van der Waals surface area contributed by atoms with Crippen molar-refractivity contribution >= 4 is 23.5 Å². The van der Waals surface area contributed by atoms with Crippen LogP contribution in [0.2, 0.25) is 0 Å². The number of anilines is 2. The first kappa shape index (κ1) is 24.1. The van der Waals surface area contributed by atoms with Crippen LogP contribution in [0, 0.1) is 0 Å². The number of carbonyl (C=O) groups is 2. The monoisotopic (exact) mass is 465 g/mol. The summed E-state index contributed by atoms with van der Waals surface area (Å²) < 4.78 is 11.1. The third kappa shape index (κ3) is 5.70. The van der Waals surface area contributed by atoms with Gasteiger partial charge in [-0.1, -0.05) is 24.3 Å². The van der Waals surface area contributed by atoms with Crippen molar-refractivity contribution in [1.29, 1.82) is 0 Å². The van der Waals surface area contributed by atoms with Gasteiger partial charge in [0.25, 0.3) is 0 Å². The minimum Gasteiger partial charge on any atom is -0.446 e. The molecule has 7 heteroatoms. The molecule has 3 amide bonds. The van der Waals surface area contributed by atoms with Gasteiger partial charge in [-0.15, -0.1) is 0 Å². The van der Waals surface area contributed by atoms with Crippen molar-refractivity contribution in [2.45, 2.75) is 58.1 Å². The lowest BCUT2D eigenvalue weighted by molar-refractivity contribution is 0.0300. The fraction of sp³-hybridized carbons (Fsp3) is 0.481. The number of imide groups is 1. The average molecular weight is 466 g/mol. The van der Waals surface area contributed by atoms with Crippen molar-refractivity contribution in [2.75, 3.05) is 36.5 Å². The molecule has 0 radical (unpaired) electrons. The molecular formula is C27H35N3O4. The summed E-state index contributed by atoms with van der Waals surface area (Å²) in [4.78, 5) is 30.0. The molecule has 0 spiro atoms. The van der Waals surface area contributed by atoms with Crippen LogP contribution in [0.15, 0.2) is 48.5 Å². The quantitative estimate of drug-likeness (QED) is 0.606. The molecule has 182 valence electrons. The van der Waals surface area contributed by atoms with Crippen molar-refractivity contribution in [1.82, 2.24) is 4.90 Å². The molecule has 2 atom stereocenters. The summed E-state index contributed by atoms with van der Waals surface area (Å²) >= 11 is 0. The number of rotatable bonds is 7. The summed E-state index contributed by atoms with van der Waals surface area (Å²) in [6.07, 6.45) is 3.29. The van der Waals surface area contributed by atoms with E-state index in [1.807, 2.05) is 36.4 Å². The molecule has 0 saturated carbocycles. The molecule has 1 saturated heterocycles. The van der Waals surface area contributed by atoms with Crippen molar-refractivity contribution < 1.29 is 19.1 Å². The highest BCUT2D eigenvalue weighted by molar-refractivity contribution is 5.99. The molecule has 7 nitrogen and oxygen atoms in total. The maximum Gasteiger partial charge on any atom is 0.418 e. The Balaban J connectivity index is 1.48. The van der Waals surface area contributed by atoms with Crippen LogP contribution in [0.1, 0.15) is 44.2 Å². The number of benzene rings is 2. The second kappa shape index (κ2) is 11.4. The van der Waals surface area contributed by atoms with Gasteiger partial charge in [-0.3, -0.25) is 0 Å². The maximum atomic E-state index is 13.4. The fourth-order valence-electron chi connectivity index (χ4n) is 4.83. The largest absolute Gasteiger partial charge is 0.446 e. The molecule has 2 aliphatic rings. The molecule has 34 heavy (non-hydrogen) atoms. The lowest BCUT2D eigenvalue weighted by Gasteiger charge is -2.33. The van der Waals surface area contributed by atoms with E-state index in [4.69, 9.17) is 9.47 Å². The lowest BCUT2D eigenvalue weighted by Crippen LogP contribution is -2.49. The molecule has 2 aromatic carbocycles. The van der Waals surface area contributed by atoms with Crippen molar-refractivity contribution in [3.63, 3.8) is 0 Å². The molecule has 2 aromatic rings. The lowest BCUT2D eigenvalue weighted by atomic mass is 9.88. The van der Waals surface area contributed by atoms with E-state index < -0.39 is 12.1 Å². The molecule has 0 bridgehead atoms. The Labute approximate surface area is 202 Å². The number of fused-ring (bicyclic) bond motifs is 1. The smallest absolute Gasteiger partial charge is 0.418 e. The third-order valence-corrected chi connectivity index (χ3v) is 6.77. The maximum absolute atomic E-state index is 13.4. The van der Waals surface area contributed by atoms with E-state index in [0.29, 0.717) is 25.1 Å². The number of hydrogen-bond donors (Lipinski definition) is 1. The summed E-state index contributed by atoms with van der Waals surface area (Å²) in [5.74, 6) is 0. The van der Waals surface area contributed by atoms with Gasteiger partial charge in [0, 0.05) is 37.1 Å². The van der Waals surface area contributed by atoms with E-state index in [2.05, 4.69) is 36.2 Å². The zero-order valence-electron chi connectivity index (χ0n) is 20.2. The van der Waals surface area contributed by atoms with E-state index in [0.717, 1.165) is 38.0 Å². The van der Waals surface area contributed by atoms with Crippen molar-refractivity contribution in [3.8, 4) is 0 Å². The topological polar surface area (TPSA) is 71.1 Å². The Morgan fingerprint density at radius 3 is 2.44 bits per heavy atom. The highest BCUT2D eigenvalue weighted by atomic mass is 16.6. The first-order valence-corrected chi connectivity index (χ1v) is 12.4. The van der Waals surface area contributed by atoms with Gasteiger partial charge in [-0.25, -0.2) is 14.5 Å². The first-order chi connectivity index (χ1) is 16.6. The number of amides is 3. The fourth-order valence-corrected chi connectivity index (χ4v) is 4.83. The minimum atomic E-state index is -0.614. The Bertz CT molecular complexity index is 968. The Morgan fingerprint density at radius 1 is 1.03 bits per heavy atom. The van der Waals surface area contributed by atoms with Gasteiger partial charge >= 0.3 is 12.1 Å². The second-order valence-corrected chi connectivity index (χ2v) is 8.90. The molecule has 4 rings (SSSR count). The van der Waals surface area contributed by atoms with Gasteiger partial charge in [0.05, 0.1) is 6.10 Å². The molecule has 1 heterocycles. The molecule has 1 aliphatic carbocycles. The van der Waals surface area contributed by atoms with Crippen LogP contribution in [-0.2, 0) is 22.3 Å². The first-order valence-electron chi connectivity index (χ1n) is 12.4. The number of hydrogen-bond acceptors (Lipinski definition) is 5. The van der Waals surface area contributed by atoms with Crippen molar-refractivity contribution in [2.24, 2.45) is 0 Å². The summed E-state index contributed by atoms with van der Waals surface area (Å²) in [7, 11) is 0. The van der Waals surface area contributed by atoms with Gasteiger partial charge in [0.1, 0.15) is 6.61 Å². The number of ether oxygens (including phenoxy) is 2. The van der Waals surface area contributed by atoms with E-state index in [-0.39, 0.29) is 18.8 Å². The molecular weight excluding hydrogens is 430 g/mol. The van der Waals surface area contributed by atoms with Crippen LogP contribution in [0.4, 0.5) is 21.0 Å². The van der Waals surface area contributed by atoms with E-state index in [1.165, 1.54) is 16.0 Å². The van der Waals surface area contributed by atoms with Crippen molar-refractivity contribution in [3.05, 3.63) is 59.7 Å². The zero-order chi connectivity index (χ0) is 23.9. The summed E-state index contributed by atoms with van der Waals surface area (Å²) in [6, 6.07) is 15.2. The molecule has 1 fully saturated rings. The number of carbonyl (C=O) groups excluding carboxylic acids is 2. The Kier molecular flexibility index (Phi) is 8.06. The van der Waals surface area contributed by atoms with Crippen LogP contribution in [0.3, 0.4) is 0 Å². The van der Waals surface area contributed by atoms with E-state index in [9.17, 15) is 9.59 Å². The van der Waals surface area contributed by atoms with Crippen LogP contribution >= 0.6 is 0 Å². The normalized spacial score (nSPS) is 19.2. The zero-order valence-corrected chi connectivity index (χ0v) is 20.2. The summed E-state index contributed by atoms with van der Waals surface area (Å²) in [5.41, 5.74) is 4.19. The van der Waals surface area contributed by atoms with Crippen LogP contribution < -0.4 is 10.2 Å². The molecule has 0 aromatic heterocycles. The number of aryl methyl sites for hydroxylation is 1. The van der Waals surface area contributed by atoms with Gasteiger partial charge in [0.15, 0.2) is 0 Å². The highest BCUT2D eigenvalue weighted by Gasteiger charge is 2.34. The van der Waals surface area contributed by atoms with Gasteiger partial charge < -0.3 is 19.7 Å². The average Bonchev–Trinajstić information content (AvgIpc) is 3.38. The minimum absolute atomic E-state index is 0.0893. The van der Waals surface area contributed by atoms with Gasteiger partial charge in [0.2, 0.25) is 0 Å². The number of nitrogens with zero attached hydrogens (tertiary/aromatic N) is 2. The van der Waals surface area contributed by atoms with E-state index in [1.54, 1.807) is 0 Å². The van der Waals surface area contributed by atoms with Crippen LogP contribution in [0.25, 0.3) is 0 Å². The predicted molar refractivity (Wildman–Crippen MR) is 133 cm³/mol. The van der Waals surface area contributed by atoms with Gasteiger partial charge in [-0.05, 0) is 81.3 Å². The second-order valence-electron chi connectivity index (χ2n) is 8.90. The SMILES string of the molecule is CCN(CC)c1ccc(NC(=O)N(C(=O)OCC2CCCO2)C2CCc3ccccc3C2)cc1. The molecule has 1 aliphatic heterocycles. The summed E-state index contributed by atoms with van der Waals surface area (Å²) in [6.45, 7) is 6.91. The third-order valence-electron chi connectivity index (χ3n) is 6.77. The number of urea groups is 1. The predicted octanol–water partition coefficient (Wildman–Crippen LogP) is 5.24.